The van der Waals surface area contributed by atoms with Crippen LogP contribution in [-0.2, 0) is 16.1 Å². The van der Waals surface area contributed by atoms with Crippen molar-refractivity contribution in [3.05, 3.63) is 59.2 Å². The lowest BCUT2D eigenvalue weighted by molar-refractivity contribution is -0.123. The third-order valence-electron chi connectivity index (χ3n) is 4.33. The van der Waals surface area contributed by atoms with Crippen LogP contribution >= 0.6 is 0 Å². The maximum Gasteiger partial charge on any atom is 0.338 e. The van der Waals surface area contributed by atoms with Crippen molar-refractivity contribution in [3.8, 4) is 5.75 Å². The van der Waals surface area contributed by atoms with E-state index < -0.39 is 18.0 Å². The highest BCUT2D eigenvalue weighted by Gasteiger charge is 2.20. The van der Waals surface area contributed by atoms with Crippen LogP contribution in [0, 0.1) is 6.92 Å². The van der Waals surface area contributed by atoms with E-state index >= 15 is 0 Å². The lowest BCUT2D eigenvalue weighted by Crippen LogP contribution is -2.39. The number of methoxy groups -OCH3 is 1. The van der Waals surface area contributed by atoms with E-state index in [0.29, 0.717) is 23.5 Å². The molecule has 0 aromatic heterocycles. The number of carbonyl (C=O) groups excluding carboxylic acids is 3. The third-order valence-corrected chi connectivity index (χ3v) is 4.33. The molecule has 2 aromatic carbocycles. The van der Waals surface area contributed by atoms with Crippen molar-refractivity contribution in [3.63, 3.8) is 0 Å². The molecule has 3 N–H and O–H groups in total. The molecular formula is C23H29N3O5. The molecule has 2 aromatic rings. The summed E-state index contributed by atoms with van der Waals surface area (Å²) in [5.74, 6) is -0.561. The number of nitrogens with one attached hydrogen (secondary N) is 3. The Kier molecular flexibility index (Phi) is 8.43. The Morgan fingerprint density at radius 1 is 1.00 bits per heavy atom. The minimum atomic E-state index is -1.00. The molecule has 0 radical (unpaired) electrons. The lowest BCUT2D eigenvalue weighted by Gasteiger charge is -2.16. The van der Waals surface area contributed by atoms with E-state index in [1.54, 1.807) is 36.4 Å². The summed E-state index contributed by atoms with van der Waals surface area (Å²) in [6.45, 7) is 7.47. The second-order valence-electron chi connectivity index (χ2n) is 7.42. The zero-order chi connectivity index (χ0) is 23.0. The van der Waals surface area contributed by atoms with E-state index in [2.05, 4.69) is 16.0 Å². The van der Waals surface area contributed by atoms with Crippen LogP contribution in [-0.4, -0.2) is 37.2 Å². The maximum absolute atomic E-state index is 12.4. The number of carbonyl (C=O) groups is 3. The molecule has 0 aliphatic rings. The average molecular weight is 428 g/mol. The van der Waals surface area contributed by atoms with Crippen LogP contribution in [0.4, 0.5) is 10.5 Å². The number of amides is 3. The van der Waals surface area contributed by atoms with Crippen molar-refractivity contribution >= 4 is 23.6 Å². The van der Waals surface area contributed by atoms with Gasteiger partial charge in [0.2, 0.25) is 0 Å². The Morgan fingerprint density at radius 3 is 2.29 bits per heavy atom. The predicted molar refractivity (Wildman–Crippen MR) is 118 cm³/mol. The zero-order valence-electron chi connectivity index (χ0n) is 18.4. The summed E-state index contributed by atoms with van der Waals surface area (Å²) in [5.41, 5.74) is 2.60. The summed E-state index contributed by atoms with van der Waals surface area (Å²) in [6.07, 6.45) is -1.00. The first-order chi connectivity index (χ1) is 14.7. The van der Waals surface area contributed by atoms with E-state index in [-0.39, 0.29) is 12.1 Å². The largest absolute Gasteiger partial charge is 0.495 e. The van der Waals surface area contributed by atoms with Gasteiger partial charge in [0.1, 0.15) is 5.75 Å². The first-order valence-electron chi connectivity index (χ1n) is 9.99. The average Bonchev–Trinajstić information content (AvgIpc) is 2.72. The van der Waals surface area contributed by atoms with Crippen LogP contribution < -0.4 is 20.7 Å². The molecule has 8 nitrogen and oxygen atoms in total. The lowest BCUT2D eigenvalue weighted by atomic mass is 10.1. The molecule has 0 spiro atoms. The number of hydrogen-bond acceptors (Lipinski definition) is 5. The van der Waals surface area contributed by atoms with Gasteiger partial charge >= 0.3 is 12.0 Å². The van der Waals surface area contributed by atoms with Crippen molar-refractivity contribution in [2.24, 2.45) is 0 Å². The Bertz CT molecular complexity index is 925. The normalized spacial score (nSPS) is 11.4. The number of esters is 1. The van der Waals surface area contributed by atoms with Gasteiger partial charge in [-0.05, 0) is 63.1 Å². The Balaban J connectivity index is 1.91. The highest BCUT2D eigenvalue weighted by molar-refractivity contribution is 5.98. The van der Waals surface area contributed by atoms with Crippen LogP contribution in [0.15, 0.2) is 42.5 Å². The summed E-state index contributed by atoms with van der Waals surface area (Å²) in [4.78, 5) is 36.5. The van der Waals surface area contributed by atoms with Crippen molar-refractivity contribution in [2.75, 3.05) is 12.4 Å². The van der Waals surface area contributed by atoms with Gasteiger partial charge in [-0.2, -0.15) is 0 Å². The second kappa shape index (κ2) is 11.0. The van der Waals surface area contributed by atoms with Gasteiger partial charge < -0.3 is 25.4 Å². The first kappa shape index (κ1) is 23.7. The summed E-state index contributed by atoms with van der Waals surface area (Å²) in [7, 11) is 1.51. The number of urea groups is 1. The molecule has 0 aliphatic carbocycles. The first-order valence-corrected chi connectivity index (χ1v) is 9.99. The fourth-order valence-electron chi connectivity index (χ4n) is 2.69. The molecule has 3 amide bonds. The summed E-state index contributed by atoms with van der Waals surface area (Å²) < 4.78 is 10.5. The van der Waals surface area contributed by atoms with Gasteiger partial charge in [-0.3, -0.25) is 4.79 Å². The molecule has 0 saturated carbocycles. The number of benzene rings is 2. The minimum Gasteiger partial charge on any atom is -0.495 e. The van der Waals surface area contributed by atoms with E-state index in [4.69, 9.17) is 9.47 Å². The monoisotopic (exact) mass is 427 g/mol. The molecule has 0 bridgehead atoms. The van der Waals surface area contributed by atoms with Crippen LogP contribution in [0.3, 0.4) is 0 Å². The zero-order valence-corrected chi connectivity index (χ0v) is 18.4. The third kappa shape index (κ3) is 7.33. The maximum atomic E-state index is 12.4. The molecule has 166 valence electrons. The Hall–Kier alpha value is -3.55. The number of rotatable bonds is 8. The molecule has 31 heavy (non-hydrogen) atoms. The van der Waals surface area contributed by atoms with Gasteiger partial charge in [-0.1, -0.05) is 18.2 Å². The van der Waals surface area contributed by atoms with Crippen molar-refractivity contribution in [1.29, 1.82) is 0 Å². The molecule has 1 atom stereocenters. The van der Waals surface area contributed by atoms with Crippen LogP contribution in [0.2, 0.25) is 0 Å². The van der Waals surface area contributed by atoms with Crippen LogP contribution in [0.25, 0.3) is 0 Å². The fourth-order valence-corrected chi connectivity index (χ4v) is 2.69. The SMILES string of the molecule is COc1ccc(C)cc1NC(=O)[C@@H](C)OC(=O)c1ccc(CNC(=O)NC(C)C)cc1. The Labute approximate surface area is 182 Å². The van der Waals surface area contributed by atoms with E-state index in [1.807, 2.05) is 26.8 Å². The quantitative estimate of drug-likeness (QED) is 0.560. The molecule has 8 heteroatoms. The number of aryl methyl sites for hydroxylation is 1. The van der Waals surface area contributed by atoms with E-state index in [1.165, 1.54) is 14.0 Å². The molecule has 0 unspecified atom stereocenters. The van der Waals surface area contributed by atoms with Crippen LogP contribution in [0.1, 0.15) is 42.3 Å². The van der Waals surface area contributed by atoms with Crippen molar-refractivity contribution < 1.29 is 23.9 Å². The molecule has 0 saturated heterocycles. The predicted octanol–water partition coefficient (Wildman–Crippen LogP) is 3.40. The molecule has 0 fully saturated rings. The van der Waals surface area contributed by atoms with Gasteiger partial charge in [-0.25, -0.2) is 9.59 Å². The summed E-state index contributed by atoms with van der Waals surface area (Å²) >= 11 is 0. The minimum absolute atomic E-state index is 0.0448. The van der Waals surface area contributed by atoms with Gasteiger partial charge in [0.15, 0.2) is 6.10 Å². The van der Waals surface area contributed by atoms with Gasteiger partial charge in [0.25, 0.3) is 5.91 Å². The topological polar surface area (TPSA) is 106 Å². The summed E-state index contributed by atoms with van der Waals surface area (Å²) in [6, 6.07) is 11.8. The van der Waals surface area contributed by atoms with Crippen molar-refractivity contribution in [2.45, 2.75) is 46.4 Å². The molecule has 0 heterocycles. The number of anilines is 1. The highest BCUT2D eigenvalue weighted by atomic mass is 16.5. The van der Waals surface area contributed by atoms with Crippen molar-refractivity contribution in [1.82, 2.24) is 10.6 Å². The molecular weight excluding hydrogens is 398 g/mol. The van der Waals surface area contributed by atoms with Gasteiger partial charge in [0.05, 0.1) is 18.4 Å². The summed E-state index contributed by atoms with van der Waals surface area (Å²) in [5, 5.41) is 8.19. The Morgan fingerprint density at radius 2 is 1.68 bits per heavy atom. The van der Waals surface area contributed by atoms with E-state index in [0.717, 1.165) is 11.1 Å². The smallest absolute Gasteiger partial charge is 0.338 e. The molecule has 0 aliphatic heterocycles. The standard InChI is InChI=1S/C23H29N3O5/c1-14(2)25-23(29)24-13-17-7-9-18(10-8-17)22(28)31-16(4)21(27)26-19-12-15(3)6-11-20(19)30-5/h6-12,14,16H,13H2,1-5H3,(H,26,27)(H2,24,25,29)/t16-/m1/s1. The second-order valence-corrected chi connectivity index (χ2v) is 7.42. The van der Waals surface area contributed by atoms with E-state index in [9.17, 15) is 14.4 Å². The number of hydrogen-bond donors (Lipinski definition) is 3. The van der Waals surface area contributed by atoms with Gasteiger partial charge in [0, 0.05) is 12.6 Å². The fraction of sp³-hybridized carbons (Fsp3) is 0.348. The highest BCUT2D eigenvalue weighted by Crippen LogP contribution is 2.25. The molecule has 2 rings (SSSR count). The van der Waals surface area contributed by atoms with Gasteiger partial charge in [-0.15, -0.1) is 0 Å². The number of ether oxygens (including phenoxy) is 2. The van der Waals surface area contributed by atoms with Crippen LogP contribution in [0.5, 0.6) is 5.75 Å².